The fraction of sp³-hybridized carbons (Fsp3) is 0.333. The van der Waals surface area contributed by atoms with Gasteiger partial charge in [-0.1, -0.05) is 0 Å². The SMILES string of the molecule is COc1cccnc1-c1nc(N)nc(OC(C)C)n1. The van der Waals surface area contributed by atoms with E-state index in [9.17, 15) is 0 Å². The second kappa shape index (κ2) is 5.47. The van der Waals surface area contributed by atoms with Gasteiger partial charge in [0.2, 0.25) is 5.95 Å². The number of aromatic nitrogens is 4. The first kappa shape index (κ1) is 13.0. The van der Waals surface area contributed by atoms with Gasteiger partial charge in [0, 0.05) is 6.20 Å². The van der Waals surface area contributed by atoms with E-state index in [1.807, 2.05) is 13.8 Å². The summed E-state index contributed by atoms with van der Waals surface area (Å²) in [6.07, 6.45) is 1.57. The Bertz CT molecular complexity index is 574. The van der Waals surface area contributed by atoms with E-state index in [-0.39, 0.29) is 18.1 Å². The molecule has 0 aliphatic heterocycles. The molecule has 0 radical (unpaired) electrons. The van der Waals surface area contributed by atoms with Crippen molar-refractivity contribution in [3.05, 3.63) is 18.3 Å². The van der Waals surface area contributed by atoms with Crippen molar-refractivity contribution in [3.63, 3.8) is 0 Å². The first-order chi connectivity index (χ1) is 9.10. The highest BCUT2D eigenvalue weighted by atomic mass is 16.5. The Balaban J connectivity index is 2.47. The van der Waals surface area contributed by atoms with Crippen molar-refractivity contribution in [2.24, 2.45) is 0 Å². The molecule has 2 rings (SSSR count). The highest BCUT2D eigenvalue weighted by Gasteiger charge is 2.14. The topological polar surface area (TPSA) is 96.0 Å². The van der Waals surface area contributed by atoms with Crippen LogP contribution in [0.3, 0.4) is 0 Å². The van der Waals surface area contributed by atoms with Crippen molar-refractivity contribution in [1.82, 2.24) is 19.9 Å². The van der Waals surface area contributed by atoms with Crippen LogP contribution in [0.25, 0.3) is 11.5 Å². The minimum Gasteiger partial charge on any atom is -0.494 e. The summed E-state index contributed by atoms with van der Waals surface area (Å²) in [5, 5.41) is 0. The van der Waals surface area contributed by atoms with Crippen LogP contribution in [0.15, 0.2) is 18.3 Å². The van der Waals surface area contributed by atoms with E-state index in [2.05, 4.69) is 19.9 Å². The number of hydrogen-bond donors (Lipinski definition) is 1. The Kier molecular flexibility index (Phi) is 3.74. The molecule has 0 spiro atoms. The fourth-order valence-corrected chi connectivity index (χ4v) is 1.46. The lowest BCUT2D eigenvalue weighted by Gasteiger charge is -2.10. The zero-order valence-corrected chi connectivity index (χ0v) is 11.0. The summed E-state index contributed by atoms with van der Waals surface area (Å²) in [4.78, 5) is 16.4. The summed E-state index contributed by atoms with van der Waals surface area (Å²) in [5.41, 5.74) is 6.15. The minimum atomic E-state index is -0.0553. The average molecular weight is 261 g/mol. The zero-order chi connectivity index (χ0) is 13.8. The van der Waals surface area contributed by atoms with Gasteiger partial charge < -0.3 is 15.2 Å². The van der Waals surface area contributed by atoms with Crippen molar-refractivity contribution >= 4 is 5.95 Å². The smallest absolute Gasteiger partial charge is 0.322 e. The van der Waals surface area contributed by atoms with Crippen LogP contribution < -0.4 is 15.2 Å². The fourth-order valence-electron chi connectivity index (χ4n) is 1.46. The predicted octanol–water partition coefficient (Wildman–Crippen LogP) is 1.31. The van der Waals surface area contributed by atoms with Gasteiger partial charge in [-0.15, -0.1) is 0 Å². The number of pyridine rings is 1. The molecule has 19 heavy (non-hydrogen) atoms. The monoisotopic (exact) mass is 261 g/mol. The molecule has 0 unspecified atom stereocenters. The highest BCUT2D eigenvalue weighted by molar-refractivity contribution is 5.59. The van der Waals surface area contributed by atoms with Gasteiger partial charge in [-0.3, -0.25) is 0 Å². The van der Waals surface area contributed by atoms with Gasteiger partial charge in [-0.2, -0.15) is 15.0 Å². The van der Waals surface area contributed by atoms with Gasteiger partial charge in [0.25, 0.3) is 0 Å². The second-order valence-electron chi connectivity index (χ2n) is 4.02. The lowest BCUT2D eigenvalue weighted by Crippen LogP contribution is -2.11. The molecule has 7 heteroatoms. The maximum atomic E-state index is 5.65. The quantitative estimate of drug-likeness (QED) is 0.886. The van der Waals surface area contributed by atoms with E-state index in [1.165, 1.54) is 0 Å². The number of anilines is 1. The van der Waals surface area contributed by atoms with Crippen molar-refractivity contribution in [2.75, 3.05) is 12.8 Å². The van der Waals surface area contributed by atoms with E-state index >= 15 is 0 Å². The van der Waals surface area contributed by atoms with Gasteiger partial charge in [-0.25, -0.2) is 4.98 Å². The largest absolute Gasteiger partial charge is 0.494 e. The molecular weight excluding hydrogens is 246 g/mol. The summed E-state index contributed by atoms with van der Waals surface area (Å²) in [5.74, 6) is 0.956. The molecule has 0 aromatic carbocycles. The van der Waals surface area contributed by atoms with Crippen LogP contribution in [0.5, 0.6) is 11.8 Å². The summed E-state index contributed by atoms with van der Waals surface area (Å²) in [6, 6.07) is 3.70. The molecule has 0 amide bonds. The van der Waals surface area contributed by atoms with Crippen molar-refractivity contribution < 1.29 is 9.47 Å². The highest BCUT2D eigenvalue weighted by Crippen LogP contribution is 2.25. The molecule has 2 aromatic heterocycles. The summed E-state index contributed by atoms with van der Waals surface area (Å²) in [6.45, 7) is 3.75. The van der Waals surface area contributed by atoms with E-state index in [0.29, 0.717) is 17.3 Å². The van der Waals surface area contributed by atoms with Gasteiger partial charge in [-0.05, 0) is 26.0 Å². The number of ether oxygens (including phenoxy) is 2. The molecule has 0 atom stereocenters. The molecule has 0 bridgehead atoms. The molecular formula is C12H15N5O2. The third kappa shape index (κ3) is 3.06. The lowest BCUT2D eigenvalue weighted by atomic mass is 10.3. The van der Waals surface area contributed by atoms with Gasteiger partial charge in [0.1, 0.15) is 11.4 Å². The predicted molar refractivity (Wildman–Crippen MR) is 69.8 cm³/mol. The Morgan fingerprint density at radius 2 is 2.00 bits per heavy atom. The Morgan fingerprint density at radius 3 is 2.68 bits per heavy atom. The van der Waals surface area contributed by atoms with E-state index in [4.69, 9.17) is 15.2 Å². The normalized spacial score (nSPS) is 10.5. The zero-order valence-electron chi connectivity index (χ0n) is 11.0. The molecule has 2 aromatic rings. The molecule has 2 heterocycles. The second-order valence-corrected chi connectivity index (χ2v) is 4.02. The molecule has 0 aliphatic rings. The van der Waals surface area contributed by atoms with Crippen LogP contribution >= 0.6 is 0 Å². The Labute approximate surface area is 110 Å². The van der Waals surface area contributed by atoms with Crippen LogP contribution in [0, 0.1) is 0 Å². The molecule has 0 fully saturated rings. The number of nitrogens with two attached hydrogens (primary N) is 1. The lowest BCUT2D eigenvalue weighted by molar-refractivity contribution is 0.222. The molecule has 100 valence electrons. The molecule has 0 aliphatic carbocycles. The molecule has 7 nitrogen and oxygen atoms in total. The summed E-state index contributed by atoms with van der Waals surface area (Å²) in [7, 11) is 1.55. The standard InChI is InChI=1S/C12H15N5O2/c1-7(2)19-12-16-10(15-11(13)17-12)9-8(18-3)5-4-6-14-9/h4-7H,1-3H3,(H2,13,15,16,17). The van der Waals surface area contributed by atoms with Crippen LogP contribution in [-0.4, -0.2) is 33.1 Å². The summed E-state index contributed by atoms with van der Waals surface area (Å²) >= 11 is 0. The van der Waals surface area contributed by atoms with Crippen molar-refractivity contribution in [1.29, 1.82) is 0 Å². The maximum Gasteiger partial charge on any atom is 0.322 e. The van der Waals surface area contributed by atoms with Crippen molar-refractivity contribution in [2.45, 2.75) is 20.0 Å². The molecule has 0 saturated carbocycles. The maximum absolute atomic E-state index is 5.65. The third-order valence-electron chi connectivity index (χ3n) is 2.18. The summed E-state index contributed by atoms with van der Waals surface area (Å²) < 4.78 is 10.6. The number of nitrogen functional groups attached to an aromatic ring is 1. The van der Waals surface area contributed by atoms with Gasteiger partial charge in [0.05, 0.1) is 13.2 Å². The van der Waals surface area contributed by atoms with Crippen LogP contribution in [0.2, 0.25) is 0 Å². The number of rotatable bonds is 4. The number of nitrogens with zero attached hydrogens (tertiary/aromatic N) is 4. The third-order valence-corrected chi connectivity index (χ3v) is 2.18. The van der Waals surface area contributed by atoms with E-state index < -0.39 is 0 Å². The first-order valence-electron chi connectivity index (χ1n) is 5.77. The molecule has 0 saturated heterocycles. The van der Waals surface area contributed by atoms with E-state index in [1.54, 1.807) is 25.4 Å². The van der Waals surface area contributed by atoms with Crippen molar-refractivity contribution in [3.8, 4) is 23.3 Å². The van der Waals surface area contributed by atoms with Gasteiger partial charge in [0.15, 0.2) is 5.82 Å². The van der Waals surface area contributed by atoms with E-state index in [0.717, 1.165) is 0 Å². The first-order valence-corrected chi connectivity index (χ1v) is 5.77. The van der Waals surface area contributed by atoms with Gasteiger partial charge >= 0.3 is 6.01 Å². The Morgan fingerprint density at radius 1 is 1.21 bits per heavy atom. The number of methoxy groups -OCH3 is 1. The average Bonchev–Trinajstić information content (AvgIpc) is 2.37. The minimum absolute atomic E-state index is 0.0553. The molecule has 2 N–H and O–H groups in total. The number of hydrogen-bond acceptors (Lipinski definition) is 7. The Hall–Kier alpha value is -2.44. The van der Waals surface area contributed by atoms with Crippen LogP contribution in [0.1, 0.15) is 13.8 Å². The van der Waals surface area contributed by atoms with Crippen LogP contribution in [-0.2, 0) is 0 Å². The van der Waals surface area contributed by atoms with Crippen LogP contribution in [0.4, 0.5) is 5.95 Å².